The number of aromatic nitrogens is 3. The van der Waals surface area contributed by atoms with Gasteiger partial charge in [0.2, 0.25) is 0 Å². The van der Waals surface area contributed by atoms with Crippen LogP contribution in [0.5, 0.6) is 0 Å². The lowest BCUT2D eigenvalue weighted by Crippen LogP contribution is -2.43. The Bertz CT molecular complexity index is 1180. The van der Waals surface area contributed by atoms with Crippen molar-refractivity contribution < 1.29 is 0 Å². The highest BCUT2D eigenvalue weighted by Crippen LogP contribution is 2.35. The fourth-order valence-electron chi connectivity index (χ4n) is 4.72. The molecule has 2 bridgehead atoms. The molecule has 2 N–H and O–H groups in total. The Kier molecular flexibility index (Phi) is 4.16. The lowest BCUT2D eigenvalue weighted by Gasteiger charge is -2.27. The van der Waals surface area contributed by atoms with Gasteiger partial charge in [-0.1, -0.05) is 42.5 Å². The van der Waals surface area contributed by atoms with Gasteiger partial charge in [0, 0.05) is 49.4 Å². The number of hydrogen-bond donors (Lipinski definition) is 2. The minimum absolute atomic E-state index is 0.544. The lowest BCUT2D eigenvalue weighted by atomic mass is 10.2. The molecule has 6 nitrogen and oxygen atoms in total. The summed E-state index contributed by atoms with van der Waals surface area (Å²) in [5.41, 5.74) is 3.38. The largest absolute Gasteiger partial charge is 0.366 e. The zero-order chi connectivity index (χ0) is 19.9. The normalized spacial score (nSPS) is 20.2. The second kappa shape index (κ2) is 7.15. The third kappa shape index (κ3) is 3.00. The predicted molar refractivity (Wildman–Crippen MR) is 120 cm³/mol. The summed E-state index contributed by atoms with van der Waals surface area (Å²) in [6.07, 6.45) is 3.06. The SMILES string of the molecule is c1ccc(CNc2cc(-n3nc(N4CC5CC4CN5)c4ccccc43)ccn2)cc1. The maximum Gasteiger partial charge on any atom is 0.159 e. The molecule has 0 radical (unpaired) electrons. The summed E-state index contributed by atoms with van der Waals surface area (Å²) in [4.78, 5) is 6.99. The van der Waals surface area contributed by atoms with Crippen molar-refractivity contribution in [1.29, 1.82) is 0 Å². The quantitative estimate of drug-likeness (QED) is 0.540. The molecular formula is C24H24N6. The number of fused-ring (bicyclic) bond motifs is 3. The molecule has 2 fully saturated rings. The number of para-hydroxylation sites is 1. The first kappa shape index (κ1) is 17.5. The summed E-state index contributed by atoms with van der Waals surface area (Å²) < 4.78 is 2.06. The molecular weight excluding hydrogens is 372 g/mol. The van der Waals surface area contributed by atoms with E-state index in [1.54, 1.807) is 0 Å². The van der Waals surface area contributed by atoms with E-state index < -0.39 is 0 Å². The first-order valence-electron chi connectivity index (χ1n) is 10.6. The number of benzene rings is 2. The van der Waals surface area contributed by atoms with E-state index in [9.17, 15) is 0 Å². The summed E-state index contributed by atoms with van der Waals surface area (Å²) in [6.45, 7) is 2.83. The van der Waals surface area contributed by atoms with Crippen LogP contribution in [0.3, 0.4) is 0 Å². The Labute approximate surface area is 175 Å². The zero-order valence-electron chi connectivity index (χ0n) is 16.7. The van der Waals surface area contributed by atoms with Crippen LogP contribution in [0.1, 0.15) is 12.0 Å². The van der Waals surface area contributed by atoms with Crippen molar-refractivity contribution in [2.75, 3.05) is 23.3 Å². The summed E-state index contributed by atoms with van der Waals surface area (Å²) in [5, 5.41) is 13.3. The number of nitrogens with zero attached hydrogens (tertiary/aromatic N) is 4. The first-order valence-corrected chi connectivity index (χ1v) is 10.6. The smallest absolute Gasteiger partial charge is 0.159 e. The number of hydrogen-bond acceptors (Lipinski definition) is 5. The molecule has 0 spiro atoms. The summed E-state index contributed by atoms with van der Waals surface area (Å²) in [5.74, 6) is 1.94. The number of nitrogens with one attached hydrogen (secondary N) is 2. The van der Waals surface area contributed by atoms with Crippen molar-refractivity contribution in [2.24, 2.45) is 0 Å². The van der Waals surface area contributed by atoms with Gasteiger partial charge in [0.05, 0.1) is 11.2 Å². The summed E-state index contributed by atoms with van der Waals surface area (Å²) >= 11 is 0. The van der Waals surface area contributed by atoms with Gasteiger partial charge in [0.25, 0.3) is 0 Å². The zero-order valence-corrected chi connectivity index (χ0v) is 16.7. The van der Waals surface area contributed by atoms with Crippen molar-refractivity contribution >= 4 is 22.5 Å². The average Bonchev–Trinajstić information content (AvgIpc) is 3.53. The van der Waals surface area contributed by atoms with E-state index in [2.05, 4.69) is 79.8 Å². The fraction of sp³-hybridized carbons (Fsp3) is 0.250. The Morgan fingerprint density at radius 3 is 2.73 bits per heavy atom. The molecule has 6 rings (SSSR count). The molecule has 2 unspecified atom stereocenters. The van der Waals surface area contributed by atoms with Crippen molar-refractivity contribution in [2.45, 2.75) is 25.0 Å². The second-order valence-corrected chi connectivity index (χ2v) is 8.14. The van der Waals surface area contributed by atoms with Gasteiger partial charge in [-0.2, -0.15) is 0 Å². The highest BCUT2D eigenvalue weighted by Gasteiger charge is 2.39. The van der Waals surface area contributed by atoms with Crippen LogP contribution in [0, 0.1) is 0 Å². The van der Waals surface area contributed by atoms with Crippen molar-refractivity contribution in [3.63, 3.8) is 0 Å². The summed E-state index contributed by atoms with van der Waals surface area (Å²) in [7, 11) is 0. The first-order chi connectivity index (χ1) is 14.8. The van der Waals surface area contributed by atoms with Crippen LogP contribution in [0.15, 0.2) is 72.9 Å². The van der Waals surface area contributed by atoms with Crippen LogP contribution in [-0.4, -0.2) is 39.9 Å². The van der Waals surface area contributed by atoms with E-state index >= 15 is 0 Å². The molecule has 2 atom stereocenters. The van der Waals surface area contributed by atoms with Gasteiger partial charge in [0.1, 0.15) is 5.82 Å². The molecule has 0 saturated carbocycles. The molecule has 4 heterocycles. The van der Waals surface area contributed by atoms with Crippen LogP contribution in [-0.2, 0) is 6.54 Å². The standard InChI is InChI=1S/C24H24N6/c1-2-6-17(7-3-1)14-27-23-13-19(10-11-25-23)30-22-9-5-4-8-21(22)24(28-30)29-16-18-12-20(29)15-26-18/h1-11,13,18,20,26H,12,14-16H2,(H,25,27). The minimum atomic E-state index is 0.544. The van der Waals surface area contributed by atoms with Gasteiger partial charge < -0.3 is 15.5 Å². The van der Waals surface area contributed by atoms with Gasteiger partial charge in [-0.15, -0.1) is 5.10 Å². The van der Waals surface area contributed by atoms with Gasteiger partial charge >= 0.3 is 0 Å². The molecule has 2 aromatic carbocycles. The Morgan fingerprint density at radius 1 is 1.03 bits per heavy atom. The average molecular weight is 396 g/mol. The van der Waals surface area contributed by atoms with Crippen molar-refractivity contribution in [3.05, 3.63) is 78.5 Å². The highest BCUT2D eigenvalue weighted by molar-refractivity contribution is 5.92. The van der Waals surface area contributed by atoms with E-state index in [-0.39, 0.29) is 0 Å². The van der Waals surface area contributed by atoms with Crippen LogP contribution >= 0.6 is 0 Å². The van der Waals surface area contributed by atoms with E-state index in [1.807, 2.05) is 18.3 Å². The molecule has 2 saturated heterocycles. The van der Waals surface area contributed by atoms with Crippen LogP contribution < -0.4 is 15.5 Å². The lowest BCUT2D eigenvalue weighted by molar-refractivity contribution is 0.575. The molecule has 4 aromatic rings. The van der Waals surface area contributed by atoms with Gasteiger partial charge in [-0.05, 0) is 30.2 Å². The second-order valence-electron chi connectivity index (χ2n) is 8.14. The Morgan fingerprint density at radius 2 is 1.90 bits per heavy atom. The predicted octanol–water partition coefficient (Wildman–Crippen LogP) is 3.58. The van der Waals surface area contributed by atoms with E-state index in [0.29, 0.717) is 12.1 Å². The van der Waals surface area contributed by atoms with Gasteiger partial charge in [-0.3, -0.25) is 0 Å². The van der Waals surface area contributed by atoms with E-state index in [0.717, 1.165) is 42.5 Å². The monoisotopic (exact) mass is 396 g/mol. The Balaban J connectivity index is 1.34. The summed E-state index contributed by atoms with van der Waals surface area (Å²) in [6, 6.07) is 24.1. The maximum atomic E-state index is 5.08. The topological polar surface area (TPSA) is 58.0 Å². The Hall–Kier alpha value is -3.38. The molecule has 2 aliphatic heterocycles. The fourth-order valence-corrected chi connectivity index (χ4v) is 4.72. The maximum absolute atomic E-state index is 5.08. The number of piperazine rings is 1. The third-order valence-corrected chi connectivity index (χ3v) is 6.20. The van der Waals surface area contributed by atoms with Gasteiger partial charge in [0.15, 0.2) is 5.82 Å². The number of pyridine rings is 1. The van der Waals surface area contributed by atoms with Gasteiger partial charge in [-0.25, -0.2) is 9.67 Å². The number of anilines is 2. The number of rotatable bonds is 5. The molecule has 2 aliphatic rings. The molecule has 0 amide bonds. The van der Waals surface area contributed by atoms with E-state index in [4.69, 9.17) is 5.10 Å². The van der Waals surface area contributed by atoms with E-state index in [1.165, 1.54) is 17.4 Å². The molecule has 2 aromatic heterocycles. The molecule has 150 valence electrons. The van der Waals surface area contributed by atoms with Crippen LogP contribution in [0.25, 0.3) is 16.6 Å². The van der Waals surface area contributed by atoms with Crippen molar-refractivity contribution in [1.82, 2.24) is 20.1 Å². The van der Waals surface area contributed by atoms with Crippen molar-refractivity contribution in [3.8, 4) is 5.69 Å². The molecule has 6 heteroatoms. The molecule has 30 heavy (non-hydrogen) atoms. The van der Waals surface area contributed by atoms with Crippen LogP contribution in [0.2, 0.25) is 0 Å². The minimum Gasteiger partial charge on any atom is -0.366 e. The molecule has 0 aliphatic carbocycles. The highest BCUT2D eigenvalue weighted by atomic mass is 15.4. The van der Waals surface area contributed by atoms with Crippen LogP contribution in [0.4, 0.5) is 11.6 Å². The third-order valence-electron chi connectivity index (χ3n) is 6.20.